The van der Waals surface area contributed by atoms with E-state index < -0.39 is 61.7 Å². The van der Waals surface area contributed by atoms with Crippen LogP contribution >= 0.6 is 7.75 Å². The van der Waals surface area contributed by atoms with Gasteiger partial charge in [0.25, 0.3) is 5.56 Å². The summed E-state index contributed by atoms with van der Waals surface area (Å²) in [7, 11) is -4.47. The molecule has 0 radical (unpaired) electrons. The van der Waals surface area contributed by atoms with Gasteiger partial charge in [0.15, 0.2) is 6.23 Å². The lowest BCUT2D eigenvalue weighted by atomic mass is 9.93. The standard InChI is InChI=1S/C30H38N3O10P/c1-6-30(25(36)24(35)26(42-30)33-16-14-23(34)31-28(33)38)18-41-44(39,32-19(2)27(37)40-17-15-29(3,4)5)43-22-13-9-11-20-10-7-8-12-21(20)22/h6-14,16,19,24-26,35-36H,1,15,17-18H2,2-5H3,(H,32,39)(H,31,34,38)/t19-,24+,25-,26+,30+,44?/m0/s1. The fourth-order valence-corrected chi connectivity index (χ4v) is 6.11. The Morgan fingerprint density at radius 2 is 1.91 bits per heavy atom. The highest BCUT2D eigenvalue weighted by atomic mass is 31.2. The van der Waals surface area contributed by atoms with Gasteiger partial charge in [-0.05, 0) is 30.2 Å². The van der Waals surface area contributed by atoms with Crippen molar-refractivity contribution in [3.05, 3.63) is 88.2 Å². The average Bonchev–Trinajstić information content (AvgIpc) is 3.21. The van der Waals surface area contributed by atoms with Gasteiger partial charge in [0, 0.05) is 17.6 Å². The molecule has 1 aliphatic rings. The molecule has 0 aliphatic carbocycles. The Labute approximate surface area is 254 Å². The number of aromatic nitrogens is 2. The van der Waals surface area contributed by atoms with Crippen LogP contribution in [0.15, 0.2) is 77.0 Å². The van der Waals surface area contributed by atoms with Crippen molar-refractivity contribution in [2.45, 2.75) is 64.2 Å². The number of benzene rings is 2. The van der Waals surface area contributed by atoms with E-state index in [1.165, 1.54) is 6.92 Å². The third kappa shape index (κ3) is 7.55. The number of nitrogens with one attached hydrogen (secondary N) is 2. The molecule has 0 saturated carbocycles. The molecule has 1 aromatic heterocycles. The molecule has 1 aliphatic heterocycles. The van der Waals surface area contributed by atoms with Crippen LogP contribution < -0.4 is 20.9 Å². The van der Waals surface area contributed by atoms with E-state index in [4.69, 9.17) is 18.5 Å². The third-order valence-electron chi connectivity index (χ3n) is 7.16. The first kappa shape index (κ1) is 33.3. The molecule has 6 atom stereocenters. The number of hydrogen-bond acceptors (Lipinski definition) is 10. The monoisotopic (exact) mass is 631 g/mol. The molecule has 14 heteroatoms. The van der Waals surface area contributed by atoms with Crippen LogP contribution in [0.4, 0.5) is 0 Å². The van der Waals surface area contributed by atoms with Crippen molar-refractivity contribution in [3.8, 4) is 5.75 Å². The molecule has 2 aromatic carbocycles. The molecule has 4 rings (SSSR count). The highest BCUT2D eigenvalue weighted by Crippen LogP contribution is 2.49. The van der Waals surface area contributed by atoms with Crippen LogP contribution in [-0.4, -0.2) is 62.8 Å². The molecule has 1 fully saturated rings. The van der Waals surface area contributed by atoms with E-state index in [1.54, 1.807) is 24.3 Å². The summed E-state index contributed by atoms with van der Waals surface area (Å²) in [5.74, 6) is -0.506. The number of carbonyl (C=O) groups is 1. The Morgan fingerprint density at radius 1 is 1.20 bits per heavy atom. The Hall–Kier alpha value is -3.58. The van der Waals surface area contributed by atoms with Gasteiger partial charge in [-0.2, -0.15) is 5.09 Å². The molecule has 0 spiro atoms. The minimum Gasteiger partial charge on any atom is -0.465 e. The first-order valence-corrected chi connectivity index (χ1v) is 15.6. The normalized spacial score (nSPS) is 24.0. The van der Waals surface area contributed by atoms with Crippen molar-refractivity contribution >= 4 is 24.5 Å². The maximum Gasteiger partial charge on any atom is 0.459 e. The summed E-state index contributed by atoms with van der Waals surface area (Å²) in [6.45, 7) is 10.6. The molecule has 3 aromatic rings. The number of hydrogen-bond donors (Lipinski definition) is 4. The topological polar surface area (TPSA) is 178 Å². The molecule has 1 unspecified atom stereocenters. The van der Waals surface area contributed by atoms with Crippen molar-refractivity contribution in [3.63, 3.8) is 0 Å². The molecule has 2 heterocycles. The predicted octanol–water partition coefficient (Wildman–Crippen LogP) is 3.03. The van der Waals surface area contributed by atoms with Crippen LogP contribution in [0.1, 0.15) is 40.3 Å². The number of aromatic amines is 1. The summed E-state index contributed by atoms with van der Waals surface area (Å²) < 4.78 is 38.2. The molecule has 44 heavy (non-hydrogen) atoms. The quantitative estimate of drug-likeness (QED) is 0.131. The smallest absolute Gasteiger partial charge is 0.459 e. The SMILES string of the molecule is C=C[C@]1(COP(=O)(N[C@@H](C)C(=O)OCCC(C)(C)C)Oc2cccc3ccccc23)O[C@@H](n2ccc(=O)[nH]c2=O)[C@H](O)[C@@H]1O. The van der Waals surface area contributed by atoms with Crippen LogP contribution in [0.3, 0.4) is 0 Å². The fourth-order valence-electron chi connectivity index (χ4n) is 4.56. The van der Waals surface area contributed by atoms with Crippen molar-refractivity contribution in [1.29, 1.82) is 0 Å². The van der Waals surface area contributed by atoms with E-state index in [0.717, 1.165) is 28.3 Å². The summed E-state index contributed by atoms with van der Waals surface area (Å²) in [6, 6.07) is 12.2. The Kier molecular flexibility index (Phi) is 9.99. The van der Waals surface area contributed by atoms with E-state index >= 15 is 0 Å². The third-order valence-corrected chi connectivity index (χ3v) is 8.77. The number of esters is 1. The molecule has 13 nitrogen and oxygen atoms in total. The molecule has 238 valence electrons. The second kappa shape index (κ2) is 13.2. The summed E-state index contributed by atoms with van der Waals surface area (Å²) in [6.07, 6.45) is -2.00. The summed E-state index contributed by atoms with van der Waals surface area (Å²) in [5.41, 5.74) is -3.52. The van der Waals surface area contributed by atoms with E-state index in [9.17, 15) is 29.2 Å². The largest absolute Gasteiger partial charge is 0.465 e. The maximum absolute atomic E-state index is 14.3. The Bertz CT molecular complexity index is 1660. The van der Waals surface area contributed by atoms with Gasteiger partial charge < -0.3 is 24.2 Å². The lowest BCUT2D eigenvalue weighted by molar-refractivity contribution is -0.146. The Morgan fingerprint density at radius 3 is 2.59 bits per heavy atom. The van der Waals surface area contributed by atoms with Gasteiger partial charge >= 0.3 is 19.4 Å². The number of aliphatic hydroxyl groups excluding tert-OH is 2. The summed E-state index contributed by atoms with van der Waals surface area (Å²) in [5, 5.41) is 25.8. The average molecular weight is 632 g/mol. The predicted molar refractivity (Wildman–Crippen MR) is 162 cm³/mol. The number of rotatable bonds is 12. The molecule has 0 bridgehead atoms. The molecular formula is C30H38N3O10P. The van der Waals surface area contributed by atoms with Crippen molar-refractivity contribution in [2.24, 2.45) is 5.41 Å². The number of fused-ring (bicyclic) bond motifs is 1. The second-order valence-electron chi connectivity index (χ2n) is 11.8. The Balaban J connectivity index is 1.61. The zero-order chi connectivity index (χ0) is 32.3. The van der Waals surface area contributed by atoms with Gasteiger partial charge in [0.1, 0.15) is 29.6 Å². The second-order valence-corrected chi connectivity index (χ2v) is 13.5. The number of H-pyrrole nitrogens is 1. The highest BCUT2D eigenvalue weighted by molar-refractivity contribution is 7.52. The first-order chi connectivity index (χ1) is 20.7. The van der Waals surface area contributed by atoms with Crippen LogP contribution in [0.5, 0.6) is 5.75 Å². The van der Waals surface area contributed by atoms with Crippen LogP contribution in [0.25, 0.3) is 10.8 Å². The van der Waals surface area contributed by atoms with E-state index in [1.807, 2.05) is 39.0 Å². The van der Waals surface area contributed by atoms with Gasteiger partial charge in [-0.1, -0.05) is 63.2 Å². The minimum absolute atomic E-state index is 0.0728. The zero-order valence-corrected chi connectivity index (χ0v) is 25.9. The lowest BCUT2D eigenvalue weighted by Gasteiger charge is -2.31. The molecule has 1 saturated heterocycles. The van der Waals surface area contributed by atoms with E-state index in [0.29, 0.717) is 11.8 Å². The maximum atomic E-state index is 14.3. The van der Waals surface area contributed by atoms with Crippen LogP contribution in [0.2, 0.25) is 0 Å². The highest BCUT2D eigenvalue weighted by Gasteiger charge is 2.55. The number of aliphatic hydroxyl groups is 2. The van der Waals surface area contributed by atoms with Crippen molar-refractivity contribution < 1.29 is 38.1 Å². The van der Waals surface area contributed by atoms with E-state index in [-0.39, 0.29) is 17.8 Å². The summed E-state index contributed by atoms with van der Waals surface area (Å²) in [4.78, 5) is 38.8. The molecule has 0 amide bonds. The molecular weight excluding hydrogens is 593 g/mol. The first-order valence-electron chi connectivity index (χ1n) is 14.0. The van der Waals surface area contributed by atoms with Gasteiger partial charge in [-0.15, -0.1) is 6.58 Å². The van der Waals surface area contributed by atoms with Gasteiger partial charge in [-0.25, -0.2) is 9.36 Å². The minimum atomic E-state index is -4.47. The van der Waals surface area contributed by atoms with Crippen molar-refractivity contribution in [1.82, 2.24) is 14.6 Å². The zero-order valence-electron chi connectivity index (χ0n) is 25.0. The van der Waals surface area contributed by atoms with E-state index in [2.05, 4.69) is 16.7 Å². The van der Waals surface area contributed by atoms with Gasteiger partial charge in [0.2, 0.25) is 0 Å². The molecule has 4 N–H and O–H groups in total. The number of carbonyl (C=O) groups excluding carboxylic acids is 1. The van der Waals surface area contributed by atoms with Crippen LogP contribution in [0, 0.1) is 5.41 Å². The fraction of sp³-hybridized carbons (Fsp3) is 0.433. The van der Waals surface area contributed by atoms with Crippen LogP contribution in [-0.2, 0) is 23.4 Å². The van der Waals surface area contributed by atoms with Gasteiger partial charge in [-0.3, -0.25) is 23.7 Å². The van der Waals surface area contributed by atoms with Crippen molar-refractivity contribution in [2.75, 3.05) is 13.2 Å². The lowest BCUT2D eigenvalue weighted by Crippen LogP contribution is -2.46. The number of ether oxygens (including phenoxy) is 2. The number of nitrogens with zero attached hydrogens (tertiary/aromatic N) is 1. The summed E-state index contributed by atoms with van der Waals surface area (Å²) >= 11 is 0. The van der Waals surface area contributed by atoms with Gasteiger partial charge in [0.05, 0.1) is 13.2 Å².